The van der Waals surface area contributed by atoms with Crippen LogP contribution in [0.1, 0.15) is 20.3 Å². The smallest absolute Gasteiger partial charge is 0.353 e. The third kappa shape index (κ3) is 6.38. The maximum atomic E-state index is 12.7. The van der Waals surface area contributed by atoms with Crippen molar-refractivity contribution in [3.63, 3.8) is 0 Å². The Morgan fingerprint density at radius 3 is 2.38 bits per heavy atom. The fourth-order valence-corrected chi connectivity index (χ4v) is 5.12. The van der Waals surface area contributed by atoms with Crippen molar-refractivity contribution in [1.82, 2.24) is 19.2 Å². The van der Waals surface area contributed by atoms with E-state index in [2.05, 4.69) is 25.5 Å². The lowest BCUT2D eigenvalue weighted by molar-refractivity contribution is -0.383. The molecule has 2 aromatic rings. The zero-order chi connectivity index (χ0) is 24.6. The third-order valence-electron chi connectivity index (χ3n) is 5.51. The quantitative estimate of drug-likeness (QED) is 0.257. The molecule has 1 aliphatic heterocycles. The molecule has 1 saturated heterocycles. The summed E-state index contributed by atoms with van der Waals surface area (Å²) in [7, 11) is -3.59. The summed E-state index contributed by atoms with van der Waals surface area (Å²) in [6.07, 6.45) is 2.05. The van der Waals surface area contributed by atoms with Crippen LogP contribution >= 0.6 is 0 Å². The zero-order valence-corrected chi connectivity index (χ0v) is 20.3. The van der Waals surface area contributed by atoms with Crippen molar-refractivity contribution >= 4 is 33.0 Å². The van der Waals surface area contributed by atoms with E-state index in [1.807, 2.05) is 0 Å². The summed E-state index contributed by atoms with van der Waals surface area (Å²) in [5.74, 6) is 0.153. The molecule has 0 amide bonds. The predicted octanol–water partition coefficient (Wildman–Crippen LogP) is 2.29. The van der Waals surface area contributed by atoms with Crippen LogP contribution in [0.3, 0.4) is 0 Å². The molecule has 0 atom stereocenters. The average molecular weight is 494 g/mol. The van der Waals surface area contributed by atoms with E-state index in [1.54, 1.807) is 26.0 Å². The first kappa shape index (κ1) is 25.7. The van der Waals surface area contributed by atoms with Gasteiger partial charge in [0.1, 0.15) is 6.33 Å². The summed E-state index contributed by atoms with van der Waals surface area (Å²) in [5.41, 5.74) is 0.201. The second-order valence-electron chi connectivity index (χ2n) is 7.65. The van der Waals surface area contributed by atoms with Gasteiger partial charge in [0.2, 0.25) is 21.7 Å². The Hall–Kier alpha value is -2.87. The number of sulfonamides is 1. The molecule has 0 aliphatic carbocycles. The second-order valence-corrected chi connectivity index (χ2v) is 9.59. The van der Waals surface area contributed by atoms with Crippen molar-refractivity contribution in [1.29, 1.82) is 0 Å². The van der Waals surface area contributed by atoms with Crippen molar-refractivity contribution in [3.05, 3.63) is 40.7 Å². The van der Waals surface area contributed by atoms with E-state index in [9.17, 15) is 18.5 Å². The van der Waals surface area contributed by atoms with E-state index >= 15 is 0 Å². The highest BCUT2D eigenvalue weighted by Gasteiger charge is 2.24. The topological polar surface area (TPSA) is 143 Å². The maximum absolute atomic E-state index is 12.7. The van der Waals surface area contributed by atoms with Gasteiger partial charge in [-0.2, -0.15) is 4.31 Å². The van der Waals surface area contributed by atoms with Crippen LogP contribution in [0.5, 0.6) is 0 Å². The molecule has 2 N–H and O–H groups in total. The number of nitro groups is 1. The van der Waals surface area contributed by atoms with E-state index in [0.717, 1.165) is 39.3 Å². The lowest BCUT2D eigenvalue weighted by Gasteiger charge is -2.26. The van der Waals surface area contributed by atoms with Gasteiger partial charge in [-0.05, 0) is 37.2 Å². The Morgan fingerprint density at radius 2 is 1.76 bits per heavy atom. The number of hydrogen-bond acceptors (Lipinski definition) is 10. The lowest BCUT2D eigenvalue weighted by Crippen LogP contribution is -2.37. The first-order valence-electron chi connectivity index (χ1n) is 11.3. The summed E-state index contributed by atoms with van der Waals surface area (Å²) in [4.78, 5) is 21.8. The summed E-state index contributed by atoms with van der Waals surface area (Å²) in [6, 6.07) is 6.04. The van der Waals surface area contributed by atoms with Crippen LogP contribution in [-0.2, 0) is 14.8 Å². The average Bonchev–Trinajstić information content (AvgIpc) is 2.83. The van der Waals surface area contributed by atoms with Crippen LogP contribution in [0.4, 0.5) is 23.0 Å². The number of hydrogen-bond donors (Lipinski definition) is 2. The summed E-state index contributed by atoms with van der Waals surface area (Å²) >= 11 is 0. The Kier molecular flexibility index (Phi) is 9.10. The molecule has 2 heterocycles. The number of rotatable bonds is 12. The molecule has 34 heavy (non-hydrogen) atoms. The van der Waals surface area contributed by atoms with Gasteiger partial charge in [-0.3, -0.25) is 15.0 Å². The van der Waals surface area contributed by atoms with Crippen LogP contribution < -0.4 is 10.6 Å². The van der Waals surface area contributed by atoms with Gasteiger partial charge >= 0.3 is 5.69 Å². The lowest BCUT2D eigenvalue weighted by atomic mass is 10.3. The van der Waals surface area contributed by atoms with Gasteiger partial charge in [-0.15, -0.1) is 0 Å². The van der Waals surface area contributed by atoms with Gasteiger partial charge in [0, 0.05) is 38.4 Å². The Balaban J connectivity index is 1.69. The highest BCUT2D eigenvalue weighted by Crippen LogP contribution is 2.31. The van der Waals surface area contributed by atoms with Gasteiger partial charge < -0.3 is 15.4 Å². The second kappa shape index (κ2) is 12.0. The van der Waals surface area contributed by atoms with Crippen LogP contribution in [-0.4, -0.2) is 85.0 Å². The van der Waals surface area contributed by atoms with E-state index in [-0.39, 0.29) is 22.2 Å². The van der Waals surface area contributed by atoms with Crippen LogP contribution in [0, 0.1) is 10.1 Å². The Labute approximate surface area is 199 Å². The van der Waals surface area contributed by atoms with Gasteiger partial charge in [0.15, 0.2) is 0 Å². The number of morpholine rings is 1. The zero-order valence-electron chi connectivity index (χ0n) is 19.4. The van der Waals surface area contributed by atoms with Crippen molar-refractivity contribution < 1.29 is 18.1 Å². The molecule has 3 rings (SSSR count). The van der Waals surface area contributed by atoms with Gasteiger partial charge in [0.05, 0.1) is 23.0 Å². The molecule has 1 aromatic heterocycles. The normalized spacial score (nSPS) is 14.8. The van der Waals surface area contributed by atoms with Crippen molar-refractivity contribution in [2.45, 2.75) is 25.2 Å². The summed E-state index contributed by atoms with van der Waals surface area (Å²) in [6.45, 7) is 8.90. The minimum Gasteiger partial charge on any atom is -0.379 e. The molecule has 13 heteroatoms. The van der Waals surface area contributed by atoms with Crippen LogP contribution in [0.25, 0.3) is 0 Å². The molecule has 1 aliphatic rings. The minimum atomic E-state index is -3.59. The largest absolute Gasteiger partial charge is 0.379 e. The molecule has 186 valence electrons. The van der Waals surface area contributed by atoms with Crippen LogP contribution in [0.2, 0.25) is 0 Å². The van der Waals surface area contributed by atoms with Crippen molar-refractivity contribution in [3.8, 4) is 0 Å². The molecule has 0 unspecified atom stereocenters. The van der Waals surface area contributed by atoms with E-state index < -0.39 is 14.9 Å². The molecular formula is C21H31N7O5S. The third-order valence-corrected chi connectivity index (χ3v) is 7.58. The first-order valence-corrected chi connectivity index (χ1v) is 12.7. The van der Waals surface area contributed by atoms with Crippen LogP contribution in [0.15, 0.2) is 35.5 Å². The fraction of sp³-hybridized carbons (Fsp3) is 0.524. The molecule has 0 bridgehead atoms. The number of aromatic nitrogens is 2. The van der Waals surface area contributed by atoms with Gasteiger partial charge in [-0.25, -0.2) is 18.4 Å². The molecule has 1 aromatic carbocycles. The molecule has 12 nitrogen and oxygen atoms in total. The number of anilines is 3. The van der Waals surface area contributed by atoms with E-state index in [4.69, 9.17) is 4.74 Å². The summed E-state index contributed by atoms with van der Waals surface area (Å²) in [5, 5.41) is 17.7. The monoisotopic (exact) mass is 493 g/mol. The Bertz CT molecular complexity index is 1060. The molecule has 1 fully saturated rings. The summed E-state index contributed by atoms with van der Waals surface area (Å²) < 4.78 is 32.0. The SMILES string of the molecule is CCN(CC)S(=O)(=O)c1ccc(Nc2ncnc(NCCCN3CCOCC3)c2[N+](=O)[O-])cc1. The molecular weight excluding hydrogens is 462 g/mol. The minimum absolute atomic E-state index is 0.0232. The predicted molar refractivity (Wildman–Crippen MR) is 129 cm³/mol. The number of benzene rings is 1. The highest BCUT2D eigenvalue weighted by atomic mass is 32.2. The maximum Gasteiger partial charge on any atom is 0.353 e. The number of nitrogens with one attached hydrogen (secondary N) is 2. The molecule has 0 spiro atoms. The van der Waals surface area contributed by atoms with Gasteiger partial charge in [-0.1, -0.05) is 13.8 Å². The fourth-order valence-electron chi connectivity index (χ4n) is 3.67. The molecule has 0 radical (unpaired) electrons. The Morgan fingerprint density at radius 1 is 1.12 bits per heavy atom. The van der Waals surface area contributed by atoms with E-state index in [0.29, 0.717) is 25.3 Å². The first-order chi connectivity index (χ1) is 16.4. The van der Waals surface area contributed by atoms with Crippen molar-refractivity contribution in [2.75, 3.05) is 63.1 Å². The standard InChI is InChI=1S/C21H31N7O5S/c1-3-27(4-2)34(31,32)18-8-6-17(7-9-18)25-21-19(28(29)30)20(23-16-24-21)22-10-5-11-26-12-14-33-15-13-26/h6-9,16H,3-5,10-15H2,1-2H3,(H2,22,23,24,25). The van der Waals surface area contributed by atoms with Gasteiger partial charge in [0.25, 0.3) is 0 Å². The van der Waals surface area contributed by atoms with Crippen molar-refractivity contribution in [2.24, 2.45) is 0 Å². The highest BCUT2D eigenvalue weighted by molar-refractivity contribution is 7.89. The number of nitrogens with zero attached hydrogens (tertiary/aromatic N) is 5. The van der Waals surface area contributed by atoms with E-state index in [1.165, 1.54) is 22.8 Å². The number of ether oxygens (including phenoxy) is 1. The molecule has 0 saturated carbocycles.